The number of nitrogens with zero attached hydrogens (tertiary/aromatic N) is 3. The molecule has 0 radical (unpaired) electrons. The number of methoxy groups -OCH3 is 1. The fourth-order valence-corrected chi connectivity index (χ4v) is 4.36. The Morgan fingerprint density at radius 1 is 1.06 bits per heavy atom. The first-order valence-electron chi connectivity index (χ1n) is 10.8. The first kappa shape index (κ1) is 24.4. The summed E-state index contributed by atoms with van der Waals surface area (Å²) >= 11 is 1.14. The van der Waals surface area contributed by atoms with Gasteiger partial charge in [0.2, 0.25) is 5.91 Å². The Morgan fingerprint density at radius 2 is 1.72 bits per heavy atom. The normalized spacial score (nSPS) is 10.3. The molecule has 0 aliphatic heterocycles. The number of nitro benzene ring substituents is 1. The zero-order valence-corrected chi connectivity index (χ0v) is 20.0. The zero-order chi connectivity index (χ0) is 25.5. The Bertz CT molecular complexity index is 1450. The highest BCUT2D eigenvalue weighted by Crippen LogP contribution is 2.34. The van der Waals surface area contributed by atoms with Crippen LogP contribution in [0.1, 0.15) is 5.56 Å². The minimum Gasteiger partial charge on any atom is -0.494 e. The number of hydrogen-bond donors (Lipinski definition) is 1. The molecule has 0 spiro atoms. The molecule has 4 aromatic rings. The van der Waals surface area contributed by atoms with Crippen molar-refractivity contribution in [1.29, 1.82) is 5.26 Å². The van der Waals surface area contributed by atoms with Crippen molar-refractivity contribution >= 4 is 29.0 Å². The van der Waals surface area contributed by atoms with Gasteiger partial charge in [-0.05, 0) is 17.7 Å². The van der Waals surface area contributed by atoms with Gasteiger partial charge < -0.3 is 10.1 Å². The van der Waals surface area contributed by atoms with Crippen LogP contribution in [-0.4, -0.2) is 28.7 Å². The van der Waals surface area contributed by atoms with E-state index in [-0.39, 0.29) is 23.1 Å². The van der Waals surface area contributed by atoms with E-state index in [9.17, 15) is 20.2 Å². The molecule has 0 unspecified atom stereocenters. The molecule has 178 valence electrons. The summed E-state index contributed by atoms with van der Waals surface area (Å²) < 4.78 is 5.18. The molecule has 0 bridgehead atoms. The summed E-state index contributed by atoms with van der Waals surface area (Å²) in [5.74, 6) is -0.228. The number of carbonyl (C=O) groups is 1. The number of pyridine rings is 1. The van der Waals surface area contributed by atoms with Crippen LogP contribution in [0, 0.1) is 21.4 Å². The topological polar surface area (TPSA) is 118 Å². The third-order valence-electron chi connectivity index (χ3n) is 5.26. The number of hydrogen-bond acceptors (Lipinski definition) is 7. The van der Waals surface area contributed by atoms with Crippen LogP contribution in [0.4, 0.5) is 11.4 Å². The van der Waals surface area contributed by atoms with Crippen LogP contribution in [0.15, 0.2) is 90.0 Å². The Balaban J connectivity index is 1.63. The fourth-order valence-electron chi connectivity index (χ4n) is 3.55. The zero-order valence-electron chi connectivity index (χ0n) is 19.2. The minimum atomic E-state index is -0.539. The first-order chi connectivity index (χ1) is 17.5. The molecule has 9 heteroatoms. The van der Waals surface area contributed by atoms with E-state index in [0.717, 1.165) is 28.5 Å². The van der Waals surface area contributed by atoms with Crippen molar-refractivity contribution in [2.75, 3.05) is 18.2 Å². The summed E-state index contributed by atoms with van der Waals surface area (Å²) in [4.78, 5) is 27.9. The van der Waals surface area contributed by atoms with E-state index < -0.39 is 4.92 Å². The number of nitrogens with one attached hydrogen (secondary N) is 1. The van der Waals surface area contributed by atoms with Crippen molar-refractivity contribution in [3.8, 4) is 34.2 Å². The number of thioether (sulfide) groups is 1. The van der Waals surface area contributed by atoms with E-state index in [4.69, 9.17) is 9.72 Å². The number of amides is 1. The predicted molar refractivity (Wildman–Crippen MR) is 139 cm³/mol. The molecule has 4 rings (SSSR count). The summed E-state index contributed by atoms with van der Waals surface area (Å²) in [6.07, 6.45) is 0. The molecular weight excluding hydrogens is 476 g/mol. The Morgan fingerprint density at radius 3 is 2.33 bits per heavy atom. The van der Waals surface area contributed by atoms with Gasteiger partial charge in [0.25, 0.3) is 5.69 Å². The molecule has 1 heterocycles. The van der Waals surface area contributed by atoms with E-state index in [0.29, 0.717) is 22.0 Å². The number of nitriles is 1. The molecule has 8 nitrogen and oxygen atoms in total. The van der Waals surface area contributed by atoms with Crippen LogP contribution in [0.5, 0.6) is 5.75 Å². The average molecular weight is 497 g/mol. The van der Waals surface area contributed by atoms with Gasteiger partial charge in [0.15, 0.2) is 0 Å². The van der Waals surface area contributed by atoms with Crippen molar-refractivity contribution in [3.05, 3.63) is 101 Å². The maximum absolute atomic E-state index is 12.8. The van der Waals surface area contributed by atoms with E-state index in [1.54, 1.807) is 0 Å². The van der Waals surface area contributed by atoms with Gasteiger partial charge >= 0.3 is 0 Å². The van der Waals surface area contributed by atoms with Crippen molar-refractivity contribution in [2.45, 2.75) is 5.03 Å². The summed E-state index contributed by atoms with van der Waals surface area (Å²) in [5.41, 5.74) is 3.72. The summed E-state index contributed by atoms with van der Waals surface area (Å²) in [6.45, 7) is 0. The van der Waals surface area contributed by atoms with Crippen molar-refractivity contribution in [3.63, 3.8) is 0 Å². The highest BCUT2D eigenvalue weighted by Gasteiger charge is 2.18. The lowest BCUT2D eigenvalue weighted by Crippen LogP contribution is -2.15. The van der Waals surface area contributed by atoms with Crippen LogP contribution in [0.25, 0.3) is 22.4 Å². The number of ether oxygens (including phenoxy) is 1. The Labute approximate surface area is 211 Å². The third-order valence-corrected chi connectivity index (χ3v) is 6.24. The van der Waals surface area contributed by atoms with Gasteiger partial charge in [-0.2, -0.15) is 5.26 Å². The molecule has 36 heavy (non-hydrogen) atoms. The fraction of sp³-hybridized carbons (Fsp3) is 0.0741. The molecule has 1 aromatic heterocycles. The SMILES string of the molecule is COc1cc([N+](=O)[O-])ccc1NC(=O)CSc1nc(-c2ccccc2)cc(-c2ccccc2)c1C#N. The standard InChI is InChI=1S/C27H20N4O4S/c1-35-25-14-20(31(33)34)12-13-23(25)29-26(32)17-36-27-22(16-28)21(18-8-4-2-5-9-18)15-24(30-27)19-10-6-3-7-11-19/h2-15H,17H2,1H3,(H,29,32). The van der Waals surface area contributed by atoms with E-state index in [1.165, 1.54) is 25.3 Å². The minimum absolute atomic E-state index is 0.0334. The van der Waals surface area contributed by atoms with Crippen LogP contribution >= 0.6 is 11.8 Å². The lowest BCUT2D eigenvalue weighted by Gasteiger charge is -2.13. The molecule has 3 aromatic carbocycles. The number of rotatable bonds is 8. The van der Waals surface area contributed by atoms with Gasteiger partial charge in [0, 0.05) is 17.2 Å². The molecule has 0 atom stereocenters. The third kappa shape index (κ3) is 5.51. The summed E-state index contributed by atoms with van der Waals surface area (Å²) in [6, 6.07) is 27.2. The van der Waals surface area contributed by atoms with Crippen molar-refractivity contribution in [2.24, 2.45) is 0 Å². The van der Waals surface area contributed by atoms with Gasteiger partial charge in [-0.3, -0.25) is 14.9 Å². The number of nitro groups is 1. The number of aromatic nitrogens is 1. The van der Waals surface area contributed by atoms with E-state index in [2.05, 4.69) is 11.4 Å². The molecule has 0 aliphatic rings. The van der Waals surface area contributed by atoms with Crippen molar-refractivity contribution in [1.82, 2.24) is 4.98 Å². The first-order valence-corrected chi connectivity index (χ1v) is 11.8. The second kappa shape index (κ2) is 11.2. The highest BCUT2D eigenvalue weighted by molar-refractivity contribution is 8.00. The Kier molecular flexibility index (Phi) is 7.58. The molecule has 0 saturated carbocycles. The molecule has 1 N–H and O–H groups in total. The van der Waals surface area contributed by atoms with Crippen molar-refractivity contribution < 1.29 is 14.5 Å². The molecule has 0 saturated heterocycles. The summed E-state index contributed by atoms with van der Waals surface area (Å²) in [5, 5.41) is 24.1. The van der Waals surface area contributed by atoms with Crippen LogP contribution < -0.4 is 10.1 Å². The number of carbonyl (C=O) groups excluding carboxylic acids is 1. The quantitative estimate of drug-likeness (QED) is 0.182. The second-order valence-corrected chi connectivity index (χ2v) is 8.52. The Hall–Kier alpha value is -4.68. The highest BCUT2D eigenvalue weighted by atomic mass is 32.2. The van der Waals surface area contributed by atoms with Gasteiger partial charge in [-0.15, -0.1) is 0 Å². The number of benzene rings is 3. The number of anilines is 1. The van der Waals surface area contributed by atoms with Crippen LogP contribution in [-0.2, 0) is 4.79 Å². The predicted octanol–water partition coefficient (Wildman–Crippen LogP) is 5.93. The number of non-ortho nitro benzene ring substituents is 1. The van der Waals surface area contributed by atoms with Crippen LogP contribution in [0.2, 0.25) is 0 Å². The van der Waals surface area contributed by atoms with Gasteiger partial charge in [-0.25, -0.2) is 4.98 Å². The molecule has 1 amide bonds. The van der Waals surface area contributed by atoms with Gasteiger partial charge in [-0.1, -0.05) is 72.4 Å². The van der Waals surface area contributed by atoms with E-state index >= 15 is 0 Å². The second-order valence-electron chi connectivity index (χ2n) is 7.56. The van der Waals surface area contributed by atoms with E-state index in [1.807, 2.05) is 66.7 Å². The van der Waals surface area contributed by atoms with Gasteiger partial charge in [0.1, 0.15) is 16.8 Å². The lowest BCUT2D eigenvalue weighted by molar-refractivity contribution is -0.384. The maximum atomic E-state index is 12.8. The lowest BCUT2D eigenvalue weighted by atomic mass is 9.99. The smallest absolute Gasteiger partial charge is 0.273 e. The summed E-state index contributed by atoms with van der Waals surface area (Å²) in [7, 11) is 1.37. The largest absolute Gasteiger partial charge is 0.494 e. The molecule has 0 fully saturated rings. The van der Waals surface area contributed by atoms with Gasteiger partial charge in [0.05, 0.1) is 40.8 Å². The van der Waals surface area contributed by atoms with Crippen LogP contribution in [0.3, 0.4) is 0 Å². The maximum Gasteiger partial charge on any atom is 0.273 e. The average Bonchev–Trinajstić information content (AvgIpc) is 2.92. The monoisotopic (exact) mass is 496 g/mol. The molecular formula is C27H20N4O4S. The molecule has 0 aliphatic carbocycles.